The minimum absolute atomic E-state index is 0.0354. The Balaban J connectivity index is 2.58. The van der Waals surface area contributed by atoms with Crippen LogP contribution in [-0.4, -0.2) is 41.4 Å². The average molecular weight is 241 g/mol. The molecule has 2 aromatic rings. The number of aliphatic hydroxyl groups excluding tert-OH is 1. The number of aromatic nitrogens is 3. The highest BCUT2D eigenvalue weighted by Crippen LogP contribution is 2.16. The predicted octanol–water partition coefficient (Wildman–Crippen LogP) is -0.173. The molecular formula is C9H11N3O3S. The molecule has 0 aliphatic carbocycles. The molecule has 7 heteroatoms. The molecule has 0 aliphatic heterocycles. The Labute approximate surface area is 92.4 Å². The van der Waals surface area contributed by atoms with Gasteiger partial charge in [-0.25, -0.2) is 13.1 Å². The fourth-order valence-corrected chi connectivity index (χ4v) is 2.08. The second-order valence-electron chi connectivity index (χ2n) is 3.46. The number of aliphatic hydroxyl groups is 1. The van der Waals surface area contributed by atoms with E-state index >= 15 is 0 Å². The first-order valence-corrected chi connectivity index (χ1v) is 6.55. The van der Waals surface area contributed by atoms with Crippen molar-refractivity contribution in [2.45, 2.75) is 11.4 Å². The van der Waals surface area contributed by atoms with Gasteiger partial charge in [-0.05, 0) is 18.2 Å². The minimum atomic E-state index is -3.22. The molecule has 0 aliphatic rings. The Morgan fingerprint density at radius 3 is 2.81 bits per heavy atom. The molecule has 0 bridgehead atoms. The van der Waals surface area contributed by atoms with Crippen molar-refractivity contribution in [1.82, 2.24) is 15.0 Å². The number of sulfone groups is 1. The monoisotopic (exact) mass is 241 g/mol. The van der Waals surface area contributed by atoms with E-state index in [1.54, 1.807) is 6.07 Å². The highest BCUT2D eigenvalue weighted by molar-refractivity contribution is 7.90. The van der Waals surface area contributed by atoms with Crippen molar-refractivity contribution < 1.29 is 13.5 Å². The predicted molar refractivity (Wildman–Crippen MR) is 57.7 cm³/mol. The second kappa shape index (κ2) is 3.84. The topological polar surface area (TPSA) is 85.1 Å². The van der Waals surface area contributed by atoms with E-state index in [1.807, 2.05) is 0 Å². The molecule has 0 radical (unpaired) electrons. The van der Waals surface area contributed by atoms with Crippen molar-refractivity contribution in [3.63, 3.8) is 0 Å². The lowest BCUT2D eigenvalue weighted by Gasteiger charge is -1.99. The number of fused-ring (bicyclic) bond motifs is 1. The van der Waals surface area contributed by atoms with E-state index in [1.165, 1.54) is 16.8 Å². The maximum Gasteiger partial charge on any atom is 0.175 e. The van der Waals surface area contributed by atoms with Crippen molar-refractivity contribution in [3.8, 4) is 0 Å². The van der Waals surface area contributed by atoms with Gasteiger partial charge in [-0.15, -0.1) is 5.10 Å². The highest BCUT2D eigenvalue weighted by Gasteiger charge is 2.10. The Kier molecular flexibility index (Phi) is 2.64. The first-order valence-electron chi connectivity index (χ1n) is 4.66. The quantitative estimate of drug-likeness (QED) is 0.806. The van der Waals surface area contributed by atoms with Crippen LogP contribution in [0.25, 0.3) is 11.0 Å². The van der Waals surface area contributed by atoms with Gasteiger partial charge >= 0.3 is 0 Å². The fourth-order valence-electron chi connectivity index (χ4n) is 1.44. The molecule has 0 spiro atoms. The zero-order valence-corrected chi connectivity index (χ0v) is 9.48. The third-order valence-electron chi connectivity index (χ3n) is 2.23. The Bertz CT molecular complexity index is 618. The van der Waals surface area contributed by atoms with Gasteiger partial charge in [0.25, 0.3) is 0 Å². The summed E-state index contributed by atoms with van der Waals surface area (Å²) >= 11 is 0. The van der Waals surface area contributed by atoms with E-state index in [2.05, 4.69) is 10.3 Å². The van der Waals surface area contributed by atoms with E-state index in [4.69, 9.17) is 5.11 Å². The standard InChI is InChI=1S/C9H11N3O3S/c1-16(14,15)7-2-3-9-8(6-7)10-11-12(9)4-5-13/h2-3,6,13H,4-5H2,1H3. The first-order chi connectivity index (χ1) is 7.52. The number of nitrogens with zero attached hydrogens (tertiary/aromatic N) is 3. The van der Waals surface area contributed by atoms with Gasteiger partial charge in [0.15, 0.2) is 9.84 Å². The van der Waals surface area contributed by atoms with Gasteiger partial charge in [-0.1, -0.05) is 5.21 Å². The molecule has 0 fully saturated rings. The Morgan fingerprint density at radius 2 is 2.19 bits per heavy atom. The van der Waals surface area contributed by atoms with Crippen molar-refractivity contribution >= 4 is 20.9 Å². The molecule has 1 N–H and O–H groups in total. The molecule has 0 saturated heterocycles. The van der Waals surface area contributed by atoms with Crippen molar-refractivity contribution in [2.24, 2.45) is 0 Å². The van der Waals surface area contributed by atoms with Gasteiger partial charge in [-0.3, -0.25) is 0 Å². The SMILES string of the molecule is CS(=O)(=O)c1ccc2c(c1)nnn2CCO. The molecule has 0 amide bonds. The molecule has 2 rings (SSSR count). The number of hydrogen-bond donors (Lipinski definition) is 1. The van der Waals surface area contributed by atoms with Crippen LogP contribution < -0.4 is 0 Å². The molecular weight excluding hydrogens is 230 g/mol. The van der Waals surface area contributed by atoms with E-state index in [0.29, 0.717) is 17.6 Å². The molecule has 1 aromatic carbocycles. The summed E-state index contributed by atoms with van der Waals surface area (Å²) in [5, 5.41) is 16.5. The van der Waals surface area contributed by atoms with E-state index in [-0.39, 0.29) is 11.5 Å². The van der Waals surface area contributed by atoms with Crippen LogP contribution in [0, 0.1) is 0 Å². The third kappa shape index (κ3) is 1.91. The van der Waals surface area contributed by atoms with Crippen LogP contribution >= 0.6 is 0 Å². The smallest absolute Gasteiger partial charge is 0.175 e. The van der Waals surface area contributed by atoms with Gasteiger partial charge in [0.1, 0.15) is 5.52 Å². The van der Waals surface area contributed by atoms with E-state index < -0.39 is 9.84 Å². The molecule has 1 aromatic heterocycles. The van der Waals surface area contributed by atoms with Gasteiger partial charge in [0.05, 0.1) is 23.6 Å². The maximum atomic E-state index is 11.3. The fraction of sp³-hybridized carbons (Fsp3) is 0.333. The maximum absolute atomic E-state index is 11.3. The zero-order valence-electron chi connectivity index (χ0n) is 8.66. The number of hydrogen-bond acceptors (Lipinski definition) is 5. The zero-order chi connectivity index (χ0) is 11.8. The van der Waals surface area contributed by atoms with E-state index in [9.17, 15) is 8.42 Å². The minimum Gasteiger partial charge on any atom is -0.394 e. The van der Waals surface area contributed by atoms with Crippen LogP contribution in [0.1, 0.15) is 0 Å². The summed E-state index contributed by atoms with van der Waals surface area (Å²) in [6.45, 7) is 0.307. The van der Waals surface area contributed by atoms with Crippen molar-refractivity contribution in [1.29, 1.82) is 0 Å². The summed E-state index contributed by atoms with van der Waals surface area (Å²) in [4.78, 5) is 0.219. The first kappa shape index (κ1) is 11.0. The van der Waals surface area contributed by atoms with Crippen molar-refractivity contribution in [3.05, 3.63) is 18.2 Å². The lowest BCUT2D eigenvalue weighted by molar-refractivity contribution is 0.270. The van der Waals surface area contributed by atoms with Crippen LogP contribution in [0.4, 0.5) is 0 Å². The third-order valence-corrected chi connectivity index (χ3v) is 3.34. The highest BCUT2D eigenvalue weighted by atomic mass is 32.2. The van der Waals surface area contributed by atoms with Crippen LogP contribution in [0.15, 0.2) is 23.1 Å². The van der Waals surface area contributed by atoms with Gasteiger partial charge in [0.2, 0.25) is 0 Å². The Hall–Kier alpha value is -1.47. The summed E-state index contributed by atoms with van der Waals surface area (Å²) in [7, 11) is -3.22. The number of rotatable bonds is 3. The van der Waals surface area contributed by atoms with E-state index in [0.717, 1.165) is 6.26 Å². The average Bonchev–Trinajstić information content (AvgIpc) is 2.60. The molecule has 86 valence electrons. The van der Waals surface area contributed by atoms with Gasteiger partial charge in [-0.2, -0.15) is 0 Å². The van der Waals surface area contributed by atoms with Crippen molar-refractivity contribution in [2.75, 3.05) is 12.9 Å². The summed E-state index contributed by atoms with van der Waals surface area (Å²) in [5.74, 6) is 0. The molecule has 0 atom stereocenters. The lowest BCUT2D eigenvalue weighted by atomic mass is 10.3. The van der Waals surface area contributed by atoms with Crippen LogP contribution in [0.5, 0.6) is 0 Å². The normalized spacial score (nSPS) is 12.1. The van der Waals surface area contributed by atoms with Crippen LogP contribution in [-0.2, 0) is 16.4 Å². The van der Waals surface area contributed by atoms with Crippen LogP contribution in [0.2, 0.25) is 0 Å². The lowest BCUT2D eigenvalue weighted by Crippen LogP contribution is -2.03. The van der Waals surface area contributed by atoms with Crippen LogP contribution in [0.3, 0.4) is 0 Å². The molecule has 0 saturated carbocycles. The summed E-state index contributed by atoms with van der Waals surface area (Å²) in [5.41, 5.74) is 1.22. The Morgan fingerprint density at radius 1 is 1.44 bits per heavy atom. The number of benzene rings is 1. The molecule has 0 unspecified atom stereocenters. The summed E-state index contributed by atoms with van der Waals surface area (Å²) in [6.07, 6.45) is 1.15. The molecule has 1 heterocycles. The summed E-state index contributed by atoms with van der Waals surface area (Å²) < 4.78 is 24.2. The summed E-state index contributed by atoms with van der Waals surface area (Å²) in [6, 6.07) is 4.63. The molecule has 6 nitrogen and oxygen atoms in total. The van der Waals surface area contributed by atoms with Gasteiger partial charge < -0.3 is 5.11 Å². The molecule has 16 heavy (non-hydrogen) atoms. The largest absolute Gasteiger partial charge is 0.394 e. The van der Waals surface area contributed by atoms with Gasteiger partial charge in [0, 0.05) is 6.26 Å². The second-order valence-corrected chi connectivity index (χ2v) is 5.47.